The van der Waals surface area contributed by atoms with Crippen molar-refractivity contribution in [2.75, 3.05) is 19.7 Å². The number of hydrogen-bond acceptors (Lipinski definition) is 4. The summed E-state index contributed by atoms with van der Waals surface area (Å²) in [6.07, 6.45) is 0. The third-order valence-corrected chi connectivity index (χ3v) is 3.79. The number of nitrogens with one attached hydrogen (secondary N) is 1. The Bertz CT molecular complexity index is 466. The van der Waals surface area contributed by atoms with Gasteiger partial charge in [0.1, 0.15) is 9.76 Å². The molecule has 0 spiro atoms. The maximum atomic E-state index is 11.8. The van der Waals surface area contributed by atoms with E-state index in [9.17, 15) is 9.90 Å². The molecule has 0 bridgehead atoms. The molecule has 2 heterocycles. The monoisotopic (exact) mass is 347 g/mol. The van der Waals surface area contributed by atoms with Crippen LogP contribution >= 0.6 is 27.5 Å². The number of aromatic nitrogens is 1. The number of carbonyl (C=O) groups is 1. The smallest absolute Gasteiger partial charge is 0.220 e. The van der Waals surface area contributed by atoms with E-state index in [1.807, 2.05) is 6.07 Å². The van der Waals surface area contributed by atoms with Gasteiger partial charge in [-0.15, -0.1) is 0 Å². The van der Waals surface area contributed by atoms with Crippen molar-refractivity contribution < 1.29 is 9.90 Å². The predicted octanol–water partition coefficient (Wildman–Crippen LogP) is 1.35. The molecule has 1 aromatic rings. The summed E-state index contributed by atoms with van der Waals surface area (Å²) in [6.45, 7) is 2.60. The van der Waals surface area contributed by atoms with Crippen LogP contribution in [0.1, 0.15) is 18.5 Å². The highest BCUT2D eigenvalue weighted by Crippen LogP contribution is 2.27. The Morgan fingerprint density at radius 2 is 2.42 bits per heavy atom. The molecular formula is C12H15BrClN3O2. The average molecular weight is 349 g/mol. The lowest BCUT2D eigenvalue weighted by Gasteiger charge is -2.39. The van der Waals surface area contributed by atoms with Crippen molar-refractivity contribution in [1.82, 2.24) is 15.2 Å². The van der Waals surface area contributed by atoms with Crippen molar-refractivity contribution in [3.05, 3.63) is 27.5 Å². The fourth-order valence-corrected chi connectivity index (χ4v) is 3.04. The Hall–Kier alpha value is -0.690. The molecule has 1 aliphatic heterocycles. The molecule has 2 rings (SSSR count). The summed E-state index contributed by atoms with van der Waals surface area (Å²) in [5.41, 5.74) is 0.922. The van der Waals surface area contributed by atoms with Gasteiger partial charge in [0, 0.05) is 26.1 Å². The van der Waals surface area contributed by atoms with Crippen molar-refractivity contribution in [3.8, 4) is 0 Å². The van der Waals surface area contributed by atoms with Crippen LogP contribution in [0.25, 0.3) is 0 Å². The number of hydrogen-bond donors (Lipinski definition) is 2. The number of piperazine rings is 1. The molecule has 104 valence electrons. The number of amides is 1. The van der Waals surface area contributed by atoms with E-state index in [-0.39, 0.29) is 24.6 Å². The van der Waals surface area contributed by atoms with Crippen molar-refractivity contribution in [1.29, 1.82) is 0 Å². The lowest BCUT2D eigenvalue weighted by molar-refractivity contribution is -0.133. The highest BCUT2D eigenvalue weighted by Gasteiger charge is 2.30. The van der Waals surface area contributed by atoms with Gasteiger partial charge in [-0.2, -0.15) is 0 Å². The summed E-state index contributed by atoms with van der Waals surface area (Å²) in [5.74, 6) is -0.0194. The van der Waals surface area contributed by atoms with Crippen LogP contribution in [0.5, 0.6) is 0 Å². The van der Waals surface area contributed by atoms with Gasteiger partial charge in [0.15, 0.2) is 0 Å². The first-order valence-corrected chi connectivity index (χ1v) is 7.12. The third-order valence-electron chi connectivity index (χ3n) is 3.19. The van der Waals surface area contributed by atoms with Crippen molar-refractivity contribution in [2.24, 2.45) is 0 Å². The number of rotatable bonds is 2. The van der Waals surface area contributed by atoms with Crippen molar-refractivity contribution >= 4 is 33.4 Å². The van der Waals surface area contributed by atoms with Crippen LogP contribution in [0, 0.1) is 0 Å². The summed E-state index contributed by atoms with van der Waals surface area (Å²) in [6, 6.07) is 3.43. The van der Waals surface area contributed by atoms with E-state index in [1.165, 1.54) is 6.92 Å². The van der Waals surface area contributed by atoms with Crippen LogP contribution in [-0.2, 0) is 4.79 Å². The van der Waals surface area contributed by atoms with E-state index in [4.69, 9.17) is 11.6 Å². The van der Waals surface area contributed by atoms with Crippen LogP contribution < -0.4 is 5.32 Å². The second-order valence-corrected chi connectivity index (χ2v) is 5.72. The summed E-state index contributed by atoms with van der Waals surface area (Å²) in [7, 11) is 0. The maximum Gasteiger partial charge on any atom is 0.220 e. The van der Waals surface area contributed by atoms with Crippen LogP contribution in [0.2, 0.25) is 5.15 Å². The van der Waals surface area contributed by atoms with E-state index in [0.29, 0.717) is 22.8 Å². The lowest BCUT2D eigenvalue weighted by atomic mass is 10.0. The standard InChI is InChI=1S/C12H15BrClN3O2/c1-7(19)17-5-9(6-18)15-4-10(17)8-2-11(13)16-12(14)3-8/h2-3,9-10,15,18H,4-6H2,1H3/t9-,10+/m1/s1. The zero-order valence-corrected chi connectivity index (χ0v) is 12.8. The Morgan fingerprint density at radius 3 is 3.00 bits per heavy atom. The molecule has 2 N–H and O–H groups in total. The first-order chi connectivity index (χ1) is 9.01. The molecule has 0 saturated carbocycles. The molecule has 0 radical (unpaired) electrons. The lowest BCUT2D eigenvalue weighted by Crippen LogP contribution is -2.55. The number of halogens is 2. The number of aliphatic hydroxyl groups excluding tert-OH is 1. The van der Waals surface area contributed by atoms with Gasteiger partial charge in [-0.05, 0) is 33.6 Å². The van der Waals surface area contributed by atoms with Gasteiger partial charge in [0.05, 0.1) is 12.6 Å². The zero-order valence-electron chi connectivity index (χ0n) is 10.4. The van der Waals surface area contributed by atoms with E-state index >= 15 is 0 Å². The highest BCUT2D eigenvalue weighted by molar-refractivity contribution is 9.10. The molecule has 1 amide bonds. The van der Waals surface area contributed by atoms with Gasteiger partial charge in [-0.3, -0.25) is 4.79 Å². The fraction of sp³-hybridized carbons (Fsp3) is 0.500. The van der Waals surface area contributed by atoms with Crippen LogP contribution in [0.15, 0.2) is 16.7 Å². The van der Waals surface area contributed by atoms with E-state index in [2.05, 4.69) is 26.2 Å². The topological polar surface area (TPSA) is 65.5 Å². The van der Waals surface area contributed by atoms with Gasteiger partial charge in [-0.1, -0.05) is 11.6 Å². The van der Waals surface area contributed by atoms with E-state index < -0.39 is 0 Å². The SMILES string of the molecule is CC(=O)N1C[C@H](CO)NC[C@H]1c1cc(Cl)nc(Br)c1. The first-order valence-electron chi connectivity index (χ1n) is 5.95. The predicted molar refractivity (Wildman–Crippen MR) is 76.0 cm³/mol. The van der Waals surface area contributed by atoms with Gasteiger partial charge in [-0.25, -0.2) is 4.98 Å². The Morgan fingerprint density at radius 1 is 1.68 bits per heavy atom. The molecule has 7 heteroatoms. The molecule has 1 saturated heterocycles. The van der Waals surface area contributed by atoms with Gasteiger partial charge in [0.2, 0.25) is 5.91 Å². The summed E-state index contributed by atoms with van der Waals surface area (Å²) >= 11 is 9.25. The van der Waals surface area contributed by atoms with Gasteiger partial charge < -0.3 is 15.3 Å². The van der Waals surface area contributed by atoms with E-state index in [1.54, 1.807) is 11.0 Å². The quantitative estimate of drug-likeness (QED) is 0.792. The average Bonchev–Trinajstić information content (AvgIpc) is 2.36. The number of carbonyl (C=O) groups excluding carboxylic acids is 1. The fourth-order valence-electron chi connectivity index (χ4n) is 2.26. The summed E-state index contributed by atoms with van der Waals surface area (Å²) in [5, 5.41) is 12.8. The molecule has 1 aliphatic rings. The molecule has 1 fully saturated rings. The second-order valence-electron chi connectivity index (χ2n) is 4.52. The van der Waals surface area contributed by atoms with Gasteiger partial charge >= 0.3 is 0 Å². The Labute approximate surface area is 125 Å². The first kappa shape index (κ1) is 14.7. The molecule has 0 aromatic carbocycles. The normalized spacial score (nSPS) is 23.5. The minimum absolute atomic E-state index is 0.0112. The molecule has 5 nitrogen and oxygen atoms in total. The second kappa shape index (κ2) is 6.17. The number of nitrogens with zero attached hydrogens (tertiary/aromatic N) is 2. The van der Waals surface area contributed by atoms with Crippen molar-refractivity contribution in [2.45, 2.75) is 19.0 Å². The van der Waals surface area contributed by atoms with Gasteiger partial charge in [0.25, 0.3) is 0 Å². The number of pyridine rings is 1. The minimum atomic E-state index is -0.0999. The molecular weight excluding hydrogens is 334 g/mol. The molecule has 19 heavy (non-hydrogen) atoms. The largest absolute Gasteiger partial charge is 0.395 e. The Kier molecular flexibility index (Phi) is 4.78. The molecule has 0 unspecified atom stereocenters. The molecule has 2 atom stereocenters. The Balaban J connectivity index is 2.28. The molecule has 0 aliphatic carbocycles. The summed E-state index contributed by atoms with van der Waals surface area (Å²) in [4.78, 5) is 17.6. The van der Waals surface area contributed by atoms with Crippen molar-refractivity contribution in [3.63, 3.8) is 0 Å². The summed E-state index contributed by atoms with van der Waals surface area (Å²) < 4.78 is 0.641. The van der Waals surface area contributed by atoms with Crippen LogP contribution in [0.3, 0.4) is 0 Å². The van der Waals surface area contributed by atoms with E-state index in [0.717, 1.165) is 5.56 Å². The molecule has 1 aromatic heterocycles. The number of aliphatic hydroxyl groups is 1. The maximum absolute atomic E-state index is 11.8. The highest BCUT2D eigenvalue weighted by atomic mass is 79.9. The zero-order chi connectivity index (χ0) is 14.0. The third kappa shape index (κ3) is 3.45. The van der Waals surface area contributed by atoms with Crippen LogP contribution in [0.4, 0.5) is 0 Å². The van der Waals surface area contributed by atoms with Crippen LogP contribution in [-0.4, -0.2) is 46.6 Å². The minimum Gasteiger partial charge on any atom is -0.395 e.